The van der Waals surface area contributed by atoms with E-state index in [2.05, 4.69) is 10.6 Å². The number of halogens is 2. The van der Waals surface area contributed by atoms with Crippen LogP contribution in [0.25, 0.3) is 0 Å². The molecule has 0 aliphatic heterocycles. The normalized spacial score (nSPS) is 10.3. The summed E-state index contributed by atoms with van der Waals surface area (Å²) in [5.74, 6) is -1.03. The number of carbonyl (C=O) groups is 1. The van der Waals surface area contributed by atoms with Crippen molar-refractivity contribution < 1.29 is 23.0 Å². The number of hydrogen-bond donors (Lipinski definition) is 2. The van der Waals surface area contributed by atoms with Crippen LogP contribution in [0.1, 0.15) is 5.56 Å². The molecule has 2 N–H and O–H groups in total. The van der Waals surface area contributed by atoms with Gasteiger partial charge in [-0.05, 0) is 42.0 Å². The Hall–Kier alpha value is -3.61. The van der Waals surface area contributed by atoms with Gasteiger partial charge in [-0.25, -0.2) is 13.6 Å². The Morgan fingerprint density at radius 1 is 0.828 bits per heavy atom. The molecule has 2 amide bonds. The van der Waals surface area contributed by atoms with Gasteiger partial charge in [0.2, 0.25) is 0 Å². The summed E-state index contributed by atoms with van der Waals surface area (Å²) in [7, 11) is 0. The molecule has 0 spiro atoms. The molecule has 0 saturated heterocycles. The lowest BCUT2D eigenvalue weighted by molar-refractivity contribution is 0.247. The summed E-state index contributed by atoms with van der Waals surface area (Å²) in [6.45, 7) is 0.778. The Labute approximate surface area is 167 Å². The summed E-state index contributed by atoms with van der Waals surface area (Å²) in [6, 6.07) is 19.7. The van der Waals surface area contributed by atoms with Crippen molar-refractivity contribution in [1.82, 2.24) is 5.32 Å². The zero-order valence-electron chi connectivity index (χ0n) is 15.5. The van der Waals surface area contributed by atoms with Crippen LogP contribution < -0.4 is 20.1 Å². The van der Waals surface area contributed by atoms with Crippen LogP contribution in [0, 0.1) is 11.6 Å². The number of rotatable bonds is 8. The van der Waals surface area contributed by atoms with Gasteiger partial charge in [0.25, 0.3) is 0 Å². The second-order valence-electron chi connectivity index (χ2n) is 6.10. The van der Waals surface area contributed by atoms with E-state index >= 15 is 0 Å². The lowest BCUT2D eigenvalue weighted by atomic mass is 10.2. The largest absolute Gasteiger partial charge is 0.492 e. The van der Waals surface area contributed by atoms with E-state index in [0.29, 0.717) is 18.0 Å². The first-order valence-electron chi connectivity index (χ1n) is 8.99. The van der Waals surface area contributed by atoms with Gasteiger partial charge in [0.05, 0.1) is 6.54 Å². The van der Waals surface area contributed by atoms with E-state index in [1.165, 1.54) is 6.07 Å². The molecule has 3 aromatic rings. The SMILES string of the molecule is O=C(NCCOc1ccc(F)c(F)c1)Nc1ccc(OCc2ccccc2)cc1. The van der Waals surface area contributed by atoms with Crippen LogP contribution in [0.3, 0.4) is 0 Å². The van der Waals surface area contributed by atoms with Gasteiger partial charge in [0.1, 0.15) is 24.7 Å². The molecule has 7 heteroatoms. The van der Waals surface area contributed by atoms with Crippen LogP contribution in [0.4, 0.5) is 19.3 Å². The molecule has 0 aromatic heterocycles. The molecule has 0 saturated carbocycles. The van der Waals surface area contributed by atoms with Crippen molar-refractivity contribution in [3.8, 4) is 11.5 Å². The van der Waals surface area contributed by atoms with Crippen molar-refractivity contribution >= 4 is 11.7 Å². The molecule has 0 bridgehead atoms. The van der Waals surface area contributed by atoms with Crippen LogP contribution in [0.5, 0.6) is 11.5 Å². The summed E-state index contributed by atoms with van der Waals surface area (Å²) in [4.78, 5) is 11.9. The fraction of sp³-hybridized carbons (Fsp3) is 0.136. The summed E-state index contributed by atoms with van der Waals surface area (Å²) >= 11 is 0. The van der Waals surface area contributed by atoms with Crippen molar-refractivity contribution in [1.29, 1.82) is 0 Å². The minimum absolute atomic E-state index is 0.116. The van der Waals surface area contributed by atoms with Gasteiger partial charge in [-0.2, -0.15) is 0 Å². The highest BCUT2D eigenvalue weighted by molar-refractivity contribution is 5.89. The lowest BCUT2D eigenvalue weighted by Crippen LogP contribution is -2.32. The number of hydrogen-bond acceptors (Lipinski definition) is 3. The van der Waals surface area contributed by atoms with Crippen molar-refractivity contribution in [3.63, 3.8) is 0 Å². The fourth-order valence-electron chi connectivity index (χ4n) is 2.45. The third kappa shape index (κ3) is 6.49. The van der Waals surface area contributed by atoms with E-state index < -0.39 is 17.7 Å². The van der Waals surface area contributed by atoms with Crippen LogP contribution in [-0.2, 0) is 6.61 Å². The molecule has 0 aliphatic carbocycles. The van der Waals surface area contributed by atoms with Crippen molar-refractivity contribution in [2.45, 2.75) is 6.61 Å². The Kier molecular flexibility index (Phi) is 7.00. The first-order chi connectivity index (χ1) is 14.1. The molecule has 150 valence electrons. The number of benzene rings is 3. The molecule has 3 rings (SSSR count). The first kappa shape index (κ1) is 20.1. The van der Waals surface area contributed by atoms with Crippen LogP contribution in [-0.4, -0.2) is 19.2 Å². The molecule has 0 unspecified atom stereocenters. The van der Waals surface area contributed by atoms with Gasteiger partial charge in [0, 0.05) is 11.8 Å². The lowest BCUT2D eigenvalue weighted by Gasteiger charge is -2.10. The third-order valence-electron chi connectivity index (χ3n) is 3.91. The molecule has 0 aliphatic rings. The predicted octanol–water partition coefficient (Wildman–Crippen LogP) is 4.74. The molecule has 0 heterocycles. The number of urea groups is 1. The smallest absolute Gasteiger partial charge is 0.319 e. The highest BCUT2D eigenvalue weighted by atomic mass is 19.2. The highest BCUT2D eigenvalue weighted by Gasteiger charge is 2.05. The number of amides is 2. The summed E-state index contributed by atoms with van der Waals surface area (Å²) in [5.41, 5.74) is 1.68. The summed E-state index contributed by atoms with van der Waals surface area (Å²) < 4.78 is 36.9. The average molecular weight is 398 g/mol. The number of nitrogens with one attached hydrogen (secondary N) is 2. The topological polar surface area (TPSA) is 59.6 Å². The van der Waals surface area contributed by atoms with Gasteiger partial charge in [-0.3, -0.25) is 0 Å². The zero-order chi connectivity index (χ0) is 20.5. The summed E-state index contributed by atoms with van der Waals surface area (Å²) in [6.07, 6.45) is 0. The highest BCUT2D eigenvalue weighted by Crippen LogP contribution is 2.17. The van der Waals surface area contributed by atoms with Gasteiger partial charge in [0.15, 0.2) is 11.6 Å². The quantitative estimate of drug-likeness (QED) is 0.539. The average Bonchev–Trinajstić information content (AvgIpc) is 2.74. The van der Waals surface area contributed by atoms with E-state index in [-0.39, 0.29) is 18.9 Å². The third-order valence-corrected chi connectivity index (χ3v) is 3.91. The minimum Gasteiger partial charge on any atom is -0.492 e. The number of ether oxygens (including phenoxy) is 2. The van der Waals surface area contributed by atoms with E-state index in [0.717, 1.165) is 17.7 Å². The van der Waals surface area contributed by atoms with E-state index in [1.807, 2.05) is 30.3 Å². The Balaban J connectivity index is 1.37. The molecule has 0 radical (unpaired) electrons. The van der Waals surface area contributed by atoms with Crippen molar-refractivity contribution in [3.05, 3.63) is 90.0 Å². The maximum Gasteiger partial charge on any atom is 0.319 e. The number of anilines is 1. The fourth-order valence-corrected chi connectivity index (χ4v) is 2.45. The molecule has 0 atom stereocenters. The van der Waals surface area contributed by atoms with Crippen molar-refractivity contribution in [2.24, 2.45) is 0 Å². The van der Waals surface area contributed by atoms with E-state index in [9.17, 15) is 13.6 Å². The predicted molar refractivity (Wildman–Crippen MR) is 106 cm³/mol. The molecule has 3 aromatic carbocycles. The zero-order valence-corrected chi connectivity index (χ0v) is 15.5. The standard InChI is InChI=1S/C22H20F2N2O3/c23-20-11-10-19(14-21(20)24)28-13-12-25-22(27)26-17-6-8-18(9-7-17)29-15-16-4-2-1-3-5-16/h1-11,14H,12-13,15H2,(H2,25,26,27). The van der Waals surface area contributed by atoms with Gasteiger partial charge >= 0.3 is 6.03 Å². The maximum atomic E-state index is 13.1. The second kappa shape index (κ2) is 10.1. The van der Waals surface area contributed by atoms with Gasteiger partial charge < -0.3 is 20.1 Å². The molecular weight excluding hydrogens is 378 g/mol. The molecule has 0 fully saturated rings. The second-order valence-corrected chi connectivity index (χ2v) is 6.10. The minimum atomic E-state index is -0.982. The van der Waals surface area contributed by atoms with Crippen LogP contribution >= 0.6 is 0 Å². The maximum absolute atomic E-state index is 13.1. The molecular formula is C22H20F2N2O3. The van der Waals surface area contributed by atoms with Crippen molar-refractivity contribution in [2.75, 3.05) is 18.5 Å². The first-order valence-corrected chi connectivity index (χ1v) is 8.99. The van der Waals surface area contributed by atoms with Crippen LogP contribution in [0.15, 0.2) is 72.8 Å². The Bertz CT molecular complexity index is 935. The van der Waals surface area contributed by atoms with Gasteiger partial charge in [-0.15, -0.1) is 0 Å². The molecule has 5 nitrogen and oxygen atoms in total. The monoisotopic (exact) mass is 398 g/mol. The number of carbonyl (C=O) groups excluding carboxylic acids is 1. The molecule has 29 heavy (non-hydrogen) atoms. The summed E-state index contributed by atoms with van der Waals surface area (Å²) in [5, 5.41) is 5.30. The Morgan fingerprint density at radius 3 is 2.28 bits per heavy atom. The van der Waals surface area contributed by atoms with E-state index in [4.69, 9.17) is 9.47 Å². The van der Waals surface area contributed by atoms with E-state index in [1.54, 1.807) is 24.3 Å². The van der Waals surface area contributed by atoms with Crippen LogP contribution in [0.2, 0.25) is 0 Å². The Morgan fingerprint density at radius 2 is 1.55 bits per heavy atom. The van der Waals surface area contributed by atoms with Gasteiger partial charge in [-0.1, -0.05) is 30.3 Å².